The SMILES string of the molecule is Cn1cc(CN2CCO[C@@H]3[C@H](COc4ncccn4)CC[C@H]32)cn1. The maximum atomic E-state index is 6.09. The van der Waals surface area contributed by atoms with E-state index >= 15 is 0 Å². The summed E-state index contributed by atoms with van der Waals surface area (Å²) in [5.41, 5.74) is 1.26. The number of hydrogen-bond donors (Lipinski definition) is 0. The van der Waals surface area contributed by atoms with E-state index in [2.05, 4.69) is 26.2 Å². The normalized spacial score (nSPS) is 27.1. The lowest BCUT2D eigenvalue weighted by molar-refractivity contribution is -0.0819. The highest BCUT2D eigenvalue weighted by Crippen LogP contribution is 2.35. The molecule has 2 fully saturated rings. The van der Waals surface area contributed by atoms with Gasteiger partial charge in [-0.3, -0.25) is 9.58 Å². The van der Waals surface area contributed by atoms with Crippen LogP contribution in [-0.2, 0) is 18.3 Å². The quantitative estimate of drug-likeness (QED) is 0.823. The Hall–Kier alpha value is -1.99. The zero-order valence-corrected chi connectivity index (χ0v) is 13.9. The van der Waals surface area contributed by atoms with E-state index in [1.165, 1.54) is 5.56 Å². The highest BCUT2D eigenvalue weighted by Gasteiger charge is 2.43. The Labute approximate surface area is 141 Å². The van der Waals surface area contributed by atoms with Crippen LogP contribution in [0.1, 0.15) is 18.4 Å². The molecule has 2 aromatic rings. The molecule has 128 valence electrons. The average Bonchev–Trinajstić information content (AvgIpc) is 3.21. The number of aromatic nitrogens is 4. The molecular weight excluding hydrogens is 306 g/mol. The first-order valence-corrected chi connectivity index (χ1v) is 8.52. The third-order valence-electron chi connectivity index (χ3n) is 4.95. The van der Waals surface area contributed by atoms with Crippen molar-refractivity contribution in [1.82, 2.24) is 24.6 Å². The van der Waals surface area contributed by atoms with Crippen molar-refractivity contribution in [3.05, 3.63) is 36.4 Å². The Bertz CT molecular complexity index is 662. The minimum absolute atomic E-state index is 0.235. The number of hydrogen-bond acceptors (Lipinski definition) is 6. The molecule has 0 spiro atoms. The molecule has 4 rings (SSSR count). The highest BCUT2D eigenvalue weighted by molar-refractivity contribution is 5.06. The average molecular weight is 329 g/mol. The third-order valence-corrected chi connectivity index (χ3v) is 4.95. The Morgan fingerprint density at radius 3 is 2.96 bits per heavy atom. The molecule has 3 atom stereocenters. The largest absolute Gasteiger partial charge is 0.463 e. The van der Waals surface area contributed by atoms with Gasteiger partial charge in [0.05, 0.1) is 25.5 Å². The molecule has 2 aromatic heterocycles. The molecule has 1 saturated heterocycles. The van der Waals surface area contributed by atoms with Gasteiger partial charge in [0.1, 0.15) is 0 Å². The fourth-order valence-electron chi connectivity index (χ4n) is 3.84. The number of morpholine rings is 1. The Balaban J connectivity index is 1.37. The summed E-state index contributed by atoms with van der Waals surface area (Å²) in [7, 11) is 1.96. The maximum Gasteiger partial charge on any atom is 0.316 e. The second-order valence-electron chi connectivity index (χ2n) is 6.58. The summed E-state index contributed by atoms with van der Waals surface area (Å²) in [6.45, 7) is 3.31. The lowest BCUT2D eigenvalue weighted by Gasteiger charge is -2.39. The van der Waals surface area contributed by atoms with E-state index in [9.17, 15) is 0 Å². The van der Waals surface area contributed by atoms with Gasteiger partial charge in [0.25, 0.3) is 0 Å². The predicted octanol–water partition coefficient (Wildman–Crippen LogP) is 1.27. The predicted molar refractivity (Wildman–Crippen MR) is 87.4 cm³/mol. The molecular formula is C17H23N5O2. The van der Waals surface area contributed by atoms with Crippen LogP contribution in [0.15, 0.2) is 30.9 Å². The van der Waals surface area contributed by atoms with Gasteiger partial charge in [0, 0.05) is 56.3 Å². The van der Waals surface area contributed by atoms with Crippen LogP contribution in [0.3, 0.4) is 0 Å². The number of ether oxygens (including phenoxy) is 2. The number of aryl methyl sites for hydroxylation is 1. The van der Waals surface area contributed by atoms with Gasteiger partial charge < -0.3 is 9.47 Å². The van der Waals surface area contributed by atoms with Crippen LogP contribution >= 0.6 is 0 Å². The smallest absolute Gasteiger partial charge is 0.316 e. The number of nitrogens with zero attached hydrogens (tertiary/aromatic N) is 5. The van der Waals surface area contributed by atoms with Gasteiger partial charge in [-0.2, -0.15) is 5.10 Å². The van der Waals surface area contributed by atoms with E-state index in [4.69, 9.17) is 9.47 Å². The molecule has 0 aromatic carbocycles. The second kappa shape index (κ2) is 6.86. The molecule has 1 aliphatic heterocycles. The van der Waals surface area contributed by atoms with E-state index in [0.717, 1.165) is 32.5 Å². The zero-order chi connectivity index (χ0) is 16.4. The van der Waals surface area contributed by atoms with Crippen molar-refractivity contribution in [2.45, 2.75) is 31.5 Å². The van der Waals surface area contributed by atoms with E-state index in [1.807, 2.05) is 17.9 Å². The Kier molecular flexibility index (Phi) is 4.44. The Morgan fingerprint density at radius 2 is 2.17 bits per heavy atom. The van der Waals surface area contributed by atoms with Gasteiger partial charge in [-0.25, -0.2) is 9.97 Å². The van der Waals surface area contributed by atoms with Crippen molar-refractivity contribution in [3.8, 4) is 6.01 Å². The first kappa shape index (κ1) is 15.5. The van der Waals surface area contributed by atoms with Crippen molar-refractivity contribution in [2.24, 2.45) is 13.0 Å². The van der Waals surface area contributed by atoms with E-state index < -0.39 is 0 Å². The molecule has 24 heavy (non-hydrogen) atoms. The standard InChI is InChI=1S/C17H23N5O2/c1-21-10-13(9-20-21)11-22-7-8-23-16-14(3-4-15(16)22)12-24-17-18-5-2-6-19-17/h2,5-6,9-10,14-16H,3-4,7-8,11-12H2,1H3/t14-,15+,16+/m0/s1. The van der Waals surface area contributed by atoms with Crippen LogP contribution in [0, 0.1) is 5.92 Å². The Morgan fingerprint density at radius 1 is 1.29 bits per heavy atom. The molecule has 2 aliphatic rings. The molecule has 0 N–H and O–H groups in total. The molecule has 0 radical (unpaired) electrons. The van der Waals surface area contributed by atoms with Gasteiger partial charge >= 0.3 is 6.01 Å². The first-order valence-electron chi connectivity index (χ1n) is 8.52. The summed E-state index contributed by atoms with van der Waals surface area (Å²) in [5.74, 6) is 0.399. The fourth-order valence-corrected chi connectivity index (χ4v) is 3.84. The molecule has 0 bridgehead atoms. The van der Waals surface area contributed by atoms with Crippen molar-refractivity contribution in [2.75, 3.05) is 19.8 Å². The minimum Gasteiger partial charge on any atom is -0.463 e. The van der Waals surface area contributed by atoms with Crippen molar-refractivity contribution >= 4 is 0 Å². The summed E-state index contributed by atoms with van der Waals surface area (Å²) in [5, 5.41) is 4.27. The maximum absolute atomic E-state index is 6.09. The van der Waals surface area contributed by atoms with Crippen LogP contribution in [-0.4, -0.2) is 56.6 Å². The van der Waals surface area contributed by atoms with E-state index in [0.29, 0.717) is 24.6 Å². The van der Waals surface area contributed by atoms with Crippen molar-refractivity contribution in [3.63, 3.8) is 0 Å². The molecule has 7 nitrogen and oxygen atoms in total. The summed E-state index contributed by atoms with van der Waals surface area (Å²) in [6.07, 6.45) is 9.94. The van der Waals surface area contributed by atoms with E-state index in [1.54, 1.807) is 18.5 Å². The minimum atomic E-state index is 0.235. The molecule has 1 saturated carbocycles. The van der Waals surface area contributed by atoms with Crippen LogP contribution in [0.25, 0.3) is 0 Å². The highest BCUT2D eigenvalue weighted by atomic mass is 16.5. The topological polar surface area (TPSA) is 65.3 Å². The van der Waals surface area contributed by atoms with Crippen LogP contribution in [0.4, 0.5) is 0 Å². The van der Waals surface area contributed by atoms with Gasteiger partial charge in [-0.15, -0.1) is 0 Å². The monoisotopic (exact) mass is 329 g/mol. The molecule has 3 heterocycles. The van der Waals surface area contributed by atoms with E-state index in [-0.39, 0.29) is 6.10 Å². The molecule has 0 amide bonds. The number of fused-ring (bicyclic) bond motifs is 1. The van der Waals surface area contributed by atoms with Gasteiger partial charge in [-0.05, 0) is 18.9 Å². The zero-order valence-electron chi connectivity index (χ0n) is 13.9. The van der Waals surface area contributed by atoms with Crippen LogP contribution < -0.4 is 4.74 Å². The molecule has 7 heteroatoms. The summed E-state index contributed by atoms with van der Waals surface area (Å²) in [6, 6.07) is 2.70. The lowest BCUT2D eigenvalue weighted by Crippen LogP contribution is -2.50. The van der Waals surface area contributed by atoms with Gasteiger partial charge in [0.2, 0.25) is 0 Å². The third kappa shape index (κ3) is 3.27. The fraction of sp³-hybridized carbons (Fsp3) is 0.588. The van der Waals surface area contributed by atoms with Crippen LogP contribution in [0.2, 0.25) is 0 Å². The van der Waals surface area contributed by atoms with Gasteiger partial charge in [0.15, 0.2) is 0 Å². The number of rotatable bonds is 5. The van der Waals surface area contributed by atoms with Gasteiger partial charge in [-0.1, -0.05) is 0 Å². The lowest BCUT2D eigenvalue weighted by atomic mass is 10.0. The summed E-state index contributed by atoms with van der Waals surface area (Å²) < 4.78 is 13.7. The molecule has 1 aliphatic carbocycles. The second-order valence-corrected chi connectivity index (χ2v) is 6.58. The first-order chi connectivity index (χ1) is 11.8. The van der Waals surface area contributed by atoms with Crippen LogP contribution in [0.5, 0.6) is 6.01 Å². The summed E-state index contributed by atoms with van der Waals surface area (Å²) in [4.78, 5) is 10.8. The summed E-state index contributed by atoms with van der Waals surface area (Å²) >= 11 is 0. The molecule has 0 unspecified atom stereocenters. The van der Waals surface area contributed by atoms with Crippen molar-refractivity contribution in [1.29, 1.82) is 0 Å². The van der Waals surface area contributed by atoms with Crippen molar-refractivity contribution < 1.29 is 9.47 Å².